The maximum atomic E-state index is 13.2. The van der Waals surface area contributed by atoms with Gasteiger partial charge >= 0.3 is 7.12 Å². The third-order valence-corrected chi connectivity index (χ3v) is 14.6. The van der Waals surface area contributed by atoms with Gasteiger partial charge < -0.3 is 26.5 Å². The Morgan fingerprint density at radius 1 is 0.388 bits per heavy atom. The maximum absolute atomic E-state index is 13.2. The fraction of sp³-hybridized carbons (Fsp3) is 0.150. The highest BCUT2D eigenvalue weighted by atomic mass is 79.9. The summed E-state index contributed by atoms with van der Waals surface area (Å²) in [5, 5.41) is 26.4. The molecular weight excluding hydrogens is 1150 g/mol. The molecular formula is C60H51BBrF3N18O2. The lowest BCUT2D eigenvalue weighted by atomic mass is 9.78. The zero-order chi connectivity index (χ0) is 60.2. The molecule has 6 aromatic carbocycles. The normalized spacial score (nSPS) is 13.1. The van der Waals surface area contributed by atoms with Crippen LogP contribution in [0.25, 0.3) is 89.0 Å². The first-order valence-corrected chi connectivity index (χ1v) is 26.9. The molecule has 0 bridgehead atoms. The van der Waals surface area contributed by atoms with Crippen LogP contribution in [0.1, 0.15) is 44.8 Å². The van der Waals surface area contributed by atoms with Crippen LogP contribution in [0.4, 0.5) is 31.0 Å². The first-order valence-electron chi connectivity index (χ1n) is 26.1. The number of fused-ring (bicyclic) bond motifs is 3. The van der Waals surface area contributed by atoms with E-state index in [1.165, 1.54) is 49.1 Å². The van der Waals surface area contributed by atoms with Crippen molar-refractivity contribution >= 4 is 79.1 Å². The summed E-state index contributed by atoms with van der Waals surface area (Å²) in [6.07, 6.45) is 4.66. The Bertz CT molecular complexity index is 4230. The number of aromatic nitrogens is 15. The van der Waals surface area contributed by atoms with Crippen molar-refractivity contribution in [2.24, 2.45) is 0 Å². The zero-order valence-corrected chi connectivity index (χ0v) is 48.3. The van der Waals surface area contributed by atoms with E-state index in [2.05, 4.69) is 125 Å². The van der Waals surface area contributed by atoms with Crippen molar-refractivity contribution in [2.45, 2.75) is 59.7 Å². The first kappa shape index (κ1) is 58.2. The summed E-state index contributed by atoms with van der Waals surface area (Å²) in [5.74, 6) is -0.744. The van der Waals surface area contributed by atoms with Crippen molar-refractivity contribution in [3.8, 4) is 56.3 Å². The number of nitrogen functional groups attached to an aromatic ring is 3. The van der Waals surface area contributed by atoms with Crippen LogP contribution in [-0.4, -0.2) is 93.8 Å². The van der Waals surface area contributed by atoms with Gasteiger partial charge in [0, 0.05) is 61.1 Å². The van der Waals surface area contributed by atoms with E-state index >= 15 is 0 Å². The number of benzene rings is 6. The average Bonchev–Trinajstić information content (AvgIpc) is 3.47. The SMILES string of the molecule is Cc1ncnc2ccc(-c3nnc(N)nc3-c3ccc(F)cc3)cc12.Cc1ncnc2ccc(-c3nnc(N)nc3-c3ccc(F)cc3)cc12.Cc1ncnc2ccc(B3OC(C)(C)C(C)(C)O3)cc12.Nc1nnc(Br)c(-c2ccc(F)cc2)n1. The molecule has 1 saturated heterocycles. The van der Waals surface area contributed by atoms with Gasteiger partial charge in [0.25, 0.3) is 0 Å². The molecule has 0 radical (unpaired) electrons. The molecule has 1 fully saturated rings. The van der Waals surface area contributed by atoms with Gasteiger partial charge in [0.15, 0.2) is 4.60 Å². The van der Waals surface area contributed by atoms with E-state index in [4.69, 9.17) is 26.5 Å². The van der Waals surface area contributed by atoms with Crippen LogP contribution in [0.3, 0.4) is 0 Å². The van der Waals surface area contributed by atoms with Gasteiger partial charge in [-0.3, -0.25) is 0 Å². The Hall–Kier alpha value is -9.98. The monoisotopic (exact) mass is 1200 g/mol. The second-order valence-electron chi connectivity index (χ2n) is 20.3. The van der Waals surface area contributed by atoms with Crippen LogP contribution >= 0.6 is 15.9 Å². The summed E-state index contributed by atoms with van der Waals surface area (Å²) in [6.45, 7) is 14.1. The maximum Gasteiger partial charge on any atom is 0.494 e. The largest absolute Gasteiger partial charge is 0.494 e. The molecule has 0 aliphatic carbocycles. The Morgan fingerprint density at radius 3 is 1.12 bits per heavy atom. The van der Waals surface area contributed by atoms with Crippen molar-refractivity contribution in [3.05, 3.63) is 186 Å². The topological polar surface area (TPSA) is 290 Å². The molecule has 12 aromatic rings. The van der Waals surface area contributed by atoms with E-state index in [1.54, 1.807) is 42.7 Å². The highest BCUT2D eigenvalue weighted by Gasteiger charge is 2.51. The van der Waals surface area contributed by atoms with E-state index < -0.39 is 0 Å². The Morgan fingerprint density at radius 2 is 0.718 bits per heavy atom. The second-order valence-corrected chi connectivity index (χ2v) is 21.0. The van der Waals surface area contributed by atoms with Gasteiger partial charge in [0.1, 0.15) is 64.9 Å². The molecule has 0 amide bonds. The molecule has 6 aromatic heterocycles. The second kappa shape index (κ2) is 24.5. The van der Waals surface area contributed by atoms with Gasteiger partial charge in [-0.1, -0.05) is 24.3 Å². The molecule has 0 atom stereocenters. The number of hydrogen-bond donors (Lipinski definition) is 3. The van der Waals surface area contributed by atoms with Crippen molar-refractivity contribution in [2.75, 3.05) is 17.2 Å². The lowest BCUT2D eigenvalue weighted by Crippen LogP contribution is -2.41. The van der Waals surface area contributed by atoms with E-state index in [0.717, 1.165) is 71.9 Å². The molecule has 424 valence electrons. The summed E-state index contributed by atoms with van der Waals surface area (Å²) >= 11 is 3.20. The number of anilines is 3. The summed E-state index contributed by atoms with van der Waals surface area (Å²) in [6, 6.07) is 35.5. The van der Waals surface area contributed by atoms with E-state index in [9.17, 15) is 13.2 Å². The van der Waals surface area contributed by atoms with E-state index in [0.29, 0.717) is 44.2 Å². The minimum Gasteiger partial charge on any atom is -0.399 e. The predicted octanol–water partition coefficient (Wildman–Crippen LogP) is 10.6. The first-order chi connectivity index (χ1) is 40.7. The summed E-state index contributed by atoms with van der Waals surface area (Å²) in [4.78, 5) is 38.1. The molecule has 25 heteroatoms. The Balaban J connectivity index is 0.000000128. The molecule has 20 nitrogen and oxygen atoms in total. The highest BCUT2D eigenvalue weighted by molar-refractivity contribution is 9.10. The van der Waals surface area contributed by atoms with E-state index in [1.807, 2.05) is 69.3 Å². The van der Waals surface area contributed by atoms with E-state index in [-0.39, 0.29) is 53.6 Å². The number of nitrogens with zero attached hydrogens (tertiary/aromatic N) is 15. The number of nitrogens with two attached hydrogens (primary N) is 3. The third-order valence-electron chi connectivity index (χ3n) is 14.0. The number of rotatable bonds is 6. The summed E-state index contributed by atoms with van der Waals surface area (Å²) in [7, 11) is -0.344. The van der Waals surface area contributed by atoms with Crippen LogP contribution in [0, 0.1) is 38.2 Å². The van der Waals surface area contributed by atoms with Gasteiger partial charge in [-0.2, -0.15) is 0 Å². The summed E-state index contributed by atoms with van der Waals surface area (Å²) < 4.78 is 51.8. The van der Waals surface area contributed by atoms with Gasteiger partial charge in [-0.15, -0.1) is 30.6 Å². The third kappa shape index (κ3) is 13.1. The predicted molar refractivity (Wildman–Crippen MR) is 323 cm³/mol. The van der Waals surface area contributed by atoms with Crippen molar-refractivity contribution in [1.29, 1.82) is 0 Å². The van der Waals surface area contributed by atoms with Gasteiger partial charge in [0.2, 0.25) is 17.8 Å². The molecule has 85 heavy (non-hydrogen) atoms. The molecule has 13 rings (SSSR count). The number of hydrogen-bond acceptors (Lipinski definition) is 20. The molecule has 7 heterocycles. The van der Waals surface area contributed by atoms with Crippen molar-refractivity contribution < 1.29 is 22.5 Å². The van der Waals surface area contributed by atoms with Crippen LogP contribution < -0.4 is 22.7 Å². The zero-order valence-electron chi connectivity index (χ0n) is 46.7. The molecule has 1 aliphatic rings. The average molecular weight is 1200 g/mol. The molecule has 0 saturated carbocycles. The fourth-order valence-electron chi connectivity index (χ4n) is 8.80. The summed E-state index contributed by atoms with van der Waals surface area (Å²) in [5.41, 5.74) is 29.0. The fourth-order valence-corrected chi connectivity index (χ4v) is 9.19. The van der Waals surface area contributed by atoms with Crippen LogP contribution in [0.5, 0.6) is 0 Å². The quantitative estimate of drug-likeness (QED) is 0.130. The molecule has 6 N–H and O–H groups in total. The van der Waals surface area contributed by atoms with Gasteiger partial charge in [-0.05, 0) is 173 Å². The van der Waals surface area contributed by atoms with Crippen LogP contribution in [0.15, 0.2) is 151 Å². The lowest BCUT2D eigenvalue weighted by molar-refractivity contribution is 0.00578. The molecule has 0 unspecified atom stereocenters. The Kier molecular flexibility index (Phi) is 16.8. The van der Waals surface area contributed by atoms with Crippen molar-refractivity contribution in [1.82, 2.24) is 75.4 Å². The smallest absolute Gasteiger partial charge is 0.399 e. The van der Waals surface area contributed by atoms with Crippen LogP contribution in [0.2, 0.25) is 0 Å². The molecule has 1 aliphatic heterocycles. The standard InChI is InChI=1S/2C18H13FN6.C15H19BN2O2.C9H6BrFN4/c2*1-10-14-8-12(4-7-15(14)22-9-21-10)17-16(23-18(20)25-24-17)11-2-5-13(19)6-3-11;1-10-12-8-11(6-7-13(12)18-9-17-10)16-19-14(2,3)15(4,5)20-16;10-8-7(13-9(12)15-14-8)5-1-3-6(11)4-2-5/h2*2-9H,1H3,(H2,20,23,25);6-9H,1-5H3;1-4H,(H2,12,13,15). The number of halogens is 4. The van der Waals surface area contributed by atoms with Gasteiger partial charge in [0.05, 0.1) is 27.8 Å². The minimum absolute atomic E-state index is 0.0587. The lowest BCUT2D eigenvalue weighted by Gasteiger charge is -2.32. The Labute approximate surface area is 493 Å². The minimum atomic E-state index is -0.344. The van der Waals surface area contributed by atoms with Gasteiger partial charge in [-0.25, -0.2) is 58.0 Å². The number of aryl methyl sites for hydroxylation is 3. The highest BCUT2D eigenvalue weighted by Crippen LogP contribution is 2.37. The molecule has 0 spiro atoms. The van der Waals surface area contributed by atoms with Crippen LogP contribution in [-0.2, 0) is 9.31 Å². The van der Waals surface area contributed by atoms with Crippen molar-refractivity contribution in [3.63, 3.8) is 0 Å².